The van der Waals surface area contributed by atoms with Crippen molar-refractivity contribution in [3.05, 3.63) is 177 Å². The normalized spacial score (nSPS) is 10.8. The molecular weight excluding hydrogens is 741 g/mol. The largest absolute Gasteiger partial charge is 0.390 e. The first-order valence-corrected chi connectivity index (χ1v) is 17.5. The highest BCUT2D eigenvalue weighted by Gasteiger charge is 2.14. The number of aliphatic hydroxyl groups excluding tert-OH is 1. The van der Waals surface area contributed by atoms with Crippen molar-refractivity contribution >= 4 is 46.4 Å². The highest BCUT2D eigenvalue weighted by Crippen LogP contribution is 2.32. The van der Waals surface area contributed by atoms with E-state index in [1.54, 1.807) is 36.7 Å². The highest BCUT2D eigenvalue weighted by molar-refractivity contribution is 6.31. The van der Waals surface area contributed by atoms with Gasteiger partial charge in [-0.25, -0.2) is 14.4 Å². The molecule has 0 aliphatic carbocycles. The molecule has 0 spiro atoms. The van der Waals surface area contributed by atoms with Crippen LogP contribution in [-0.4, -0.2) is 25.0 Å². The Kier molecular flexibility index (Phi) is 12.6. The van der Waals surface area contributed by atoms with Gasteiger partial charge >= 0.3 is 0 Å². The summed E-state index contributed by atoms with van der Waals surface area (Å²) in [5.74, 6) is -0.269. The summed E-state index contributed by atoms with van der Waals surface area (Å²) in [5, 5.41) is 11.9. The Morgan fingerprint density at radius 1 is 0.462 bits per heavy atom. The van der Waals surface area contributed by atoms with Gasteiger partial charge in [0.15, 0.2) is 0 Å². The SMILES string of the molecule is Fc1ccc(COCc2cnc(-c3ccc(Cl)cc3)c(-c3ccc(Cl)cc3)n2)cc1.OCc1cnc(-c2ccc(Cl)cc2)c(-c2ccc(Cl)cc2)n1. The van der Waals surface area contributed by atoms with Gasteiger partial charge in [-0.2, -0.15) is 0 Å². The second kappa shape index (κ2) is 17.7. The number of nitrogens with zero attached hydrogens (tertiary/aromatic N) is 4. The van der Waals surface area contributed by atoms with Crippen LogP contribution >= 0.6 is 46.4 Å². The second-order valence-corrected chi connectivity index (χ2v) is 13.2. The van der Waals surface area contributed by atoms with Gasteiger partial charge in [0.1, 0.15) is 5.82 Å². The van der Waals surface area contributed by atoms with E-state index in [4.69, 9.17) is 56.1 Å². The molecule has 0 unspecified atom stereocenters. The molecule has 0 saturated carbocycles. The molecule has 0 radical (unpaired) electrons. The Balaban J connectivity index is 0.000000187. The van der Waals surface area contributed by atoms with Crippen molar-refractivity contribution in [2.24, 2.45) is 0 Å². The van der Waals surface area contributed by atoms with Crippen LogP contribution in [0.4, 0.5) is 4.39 Å². The van der Waals surface area contributed by atoms with Crippen LogP contribution in [0.15, 0.2) is 134 Å². The summed E-state index contributed by atoms with van der Waals surface area (Å²) in [6.07, 6.45) is 3.28. The summed E-state index contributed by atoms with van der Waals surface area (Å²) in [4.78, 5) is 18.4. The van der Waals surface area contributed by atoms with E-state index < -0.39 is 0 Å². The Bertz CT molecular complexity index is 2240. The Labute approximate surface area is 320 Å². The topological polar surface area (TPSA) is 81.0 Å². The molecular formula is C41H29Cl4FN4O2. The third kappa shape index (κ3) is 9.78. The first kappa shape index (κ1) is 37.0. The fraction of sp³-hybridized carbons (Fsp3) is 0.0732. The van der Waals surface area contributed by atoms with Crippen molar-refractivity contribution < 1.29 is 14.2 Å². The molecule has 0 bridgehead atoms. The lowest BCUT2D eigenvalue weighted by atomic mass is 10.0. The van der Waals surface area contributed by atoms with Crippen LogP contribution in [0.25, 0.3) is 45.0 Å². The molecule has 2 aromatic heterocycles. The summed E-state index contributed by atoms with van der Waals surface area (Å²) in [6.45, 7) is 0.484. The molecule has 1 N–H and O–H groups in total. The minimum Gasteiger partial charge on any atom is -0.390 e. The number of benzene rings is 5. The summed E-state index contributed by atoms with van der Waals surface area (Å²) in [7, 11) is 0. The molecule has 0 aliphatic rings. The summed E-state index contributed by atoms with van der Waals surface area (Å²) in [5.41, 5.74) is 8.62. The first-order chi connectivity index (χ1) is 25.2. The molecule has 0 aliphatic heterocycles. The van der Waals surface area contributed by atoms with Crippen molar-refractivity contribution in [1.82, 2.24) is 19.9 Å². The molecule has 5 aromatic carbocycles. The maximum atomic E-state index is 13.0. The van der Waals surface area contributed by atoms with Gasteiger partial charge in [-0.15, -0.1) is 0 Å². The van der Waals surface area contributed by atoms with Gasteiger partial charge in [0, 0.05) is 42.3 Å². The van der Waals surface area contributed by atoms with Crippen LogP contribution < -0.4 is 0 Å². The van der Waals surface area contributed by atoms with Crippen molar-refractivity contribution in [2.75, 3.05) is 0 Å². The third-order valence-electron chi connectivity index (χ3n) is 7.71. The van der Waals surface area contributed by atoms with Gasteiger partial charge in [-0.05, 0) is 66.2 Å². The zero-order chi connectivity index (χ0) is 36.5. The lowest BCUT2D eigenvalue weighted by Crippen LogP contribution is -2.01. The van der Waals surface area contributed by atoms with Crippen LogP contribution in [0.2, 0.25) is 20.1 Å². The average molecular weight is 771 g/mol. The predicted octanol–water partition coefficient (Wildman–Crippen LogP) is 11.6. The maximum Gasteiger partial charge on any atom is 0.123 e. The van der Waals surface area contributed by atoms with E-state index in [1.807, 2.05) is 84.9 Å². The Morgan fingerprint density at radius 3 is 1.23 bits per heavy atom. The fourth-order valence-corrected chi connectivity index (χ4v) is 5.61. The summed E-state index contributed by atoms with van der Waals surface area (Å²) < 4.78 is 18.8. The van der Waals surface area contributed by atoms with E-state index in [-0.39, 0.29) is 19.0 Å². The zero-order valence-electron chi connectivity index (χ0n) is 27.4. The van der Waals surface area contributed by atoms with E-state index in [0.717, 1.165) is 44.9 Å². The molecule has 0 fully saturated rings. The van der Waals surface area contributed by atoms with Crippen molar-refractivity contribution in [3.8, 4) is 45.0 Å². The van der Waals surface area contributed by atoms with Gasteiger partial charge in [0.2, 0.25) is 0 Å². The number of ether oxygens (including phenoxy) is 1. The van der Waals surface area contributed by atoms with Gasteiger partial charge in [-0.3, -0.25) is 9.97 Å². The standard InChI is InChI=1S/C24H17Cl2FN2O.C17H12Cl2N2O/c25-19-7-3-17(4-8-19)23-24(18-5-9-20(26)10-6-18)29-22(13-28-23)15-30-14-16-1-11-21(27)12-2-16;18-13-5-1-11(2-6-13)16-17(21-15(10-22)9-20-16)12-3-7-14(19)8-4-12/h1-13H,14-15H2;1-9,22H,10H2. The number of rotatable bonds is 9. The molecule has 0 atom stereocenters. The number of aliphatic hydroxyl groups is 1. The predicted molar refractivity (Wildman–Crippen MR) is 207 cm³/mol. The van der Waals surface area contributed by atoms with Gasteiger partial charge in [0.25, 0.3) is 0 Å². The van der Waals surface area contributed by atoms with Crippen LogP contribution in [-0.2, 0) is 24.6 Å². The maximum absolute atomic E-state index is 13.0. The van der Waals surface area contributed by atoms with E-state index in [0.29, 0.717) is 43.8 Å². The number of hydrogen-bond acceptors (Lipinski definition) is 6. The third-order valence-corrected chi connectivity index (χ3v) is 8.72. The van der Waals surface area contributed by atoms with Crippen molar-refractivity contribution in [1.29, 1.82) is 0 Å². The van der Waals surface area contributed by atoms with Gasteiger partial charge < -0.3 is 9.84 Å². The second-order valence-electron chi connectivity index (χ2n) is 11.4. The lowest BCUT2D eigenvalue weighted by Gasteiger charge is -2.11. The van der Waals surface area contributed by atoms with Crippen LogP contribution in [0, 0.1) is 5.82 Å². The van der Waals surface area contributed by atoms with Gasteiger partial charge in [-0.1, -0.05) is 107 Å². The first-order valence-electron chi connectivity index (χ1n) is 15.9. The lowest BCUT2D eigenvalue weighted by molar-refractivity contribution is 0.104. The minimum atomic E-state index is -0.269. The summed E-state index contributed by atoms with van der Waals surface area (Å²) >= 11 is 24.0. The Hall–Kier alpha value is -4.73. The minimum absolute atomic E-state index is 0.158. The molecule has 0 saturated heterocycles. The van der Waals surface area contributed by atoms with E-state index in [2.05, 4.69) is 15.0 Å². The Morgan fingerprint density at radius 2 is 0.827 bits per heavy atom. The average Bonchev–Trinajstić information content (AvgIpc) is 3.17. The molecule has 260 valence electrons. The monoisotopic (exact) mass is 768 g/mol. The zero-order valence-corrected chi connectivity index (χ0v) is 30.4. The number of aromatic nitrogens is 4. The van der Waals surface area contributed by atoms with Crippen LogP contribution in [0.1, 0.15) is 17.0 Å². The van der Waals surface area contributed by atoms with Crippen LogP contribution in [0.5, 0.6) is 0 Å². The van der Waals surface area contributed by atoms with E-state index in [1.165, 1.54) is 12.1 Å². The molecule has 0 amide bonds. The quantitative estimate of drug-likeness (QED) is 0.157. The fourth-order valence-electron chi connectivity index (χ4n) is 5.11. The number of hydrogen-bond donors (Lipinski definition) is 1. The smallest absolute Gasteiger partial charge is 0.123 e. The van der Waals surface area contributed by atoms with Crippen molar-refractivity contribution in [3.63, 3.8) is 0 Å². The summed E-state index contributed by atoms with van der Waals surface area (Å²) in [6, 6.07) is 35.9. The van der Waals surface area contributed by atoms with E-state index >= 15 is 0 Å². The van der Waals surface area contributed by atoms with Crippen molar-refractivity contribution in [2.45, 2.75) is 19.8 Å². The molecule has 2 heterocycles. The molecule has 7 rings (SSSR count). The van der Waals surface area contributed by atoms with Gasteiger partial charge in [0.05, 0.1) is 66.4 Å². The molecule has 6 nitrogen and oxygen atoms in total. The van der Waals surface area contributed by atoms with E-state index in [9.17, 15) is 9.50 Å². The molecule has 52 heavy (non-hydrogen) atoms. The number of halogens is 5. The van der Waals surface area contributed by atoms with Crippen LogP contribution in [0.3, 0.4) is 0 Å². The molecule has 7 aromatic rings. The molecule has 11 heteroatoms. The highest BCUT2D eigenvalue weighted by atomic mass is 35.5.